The summed E-state index contributed by atoms with van der Waals surface area (Å²) in [4.78, 5) is 7.84. The van der Waals surface area contributed by atoms with E-state index >= 15 is 0 Å². The van der Waals surface area contributed by atoms with E-state index in [1.54, 1.807) is 44.2 Å². The van der Waals surface area contributed by atoms with E-state index in [0.717, 1.165) is 12.4 Å². The maximum absolute atomic E-state index is 13.4. The van der Waals surface area contributed by atoms with E-state index in [-0.39, 0.29) is 17.6 Å². The summed E-state index contributed by atoms with van der Waals surface area (Å²) in [5.41, 5.74) is 0.372. The van der Waals surface area contributed by atoms with Crippen molar-refractivity contribution in [2.24, 2.45) is 0 Å². The molecule has 4 rings (SSSR count). The molecule has 0 amide bonds. The van der Waals surface area contributed by atoms with E-state index in [2.05, 4.69) is 24.9 Å². The molecule has 11 nitrogen and oxygen atoms in total. The van der Waals surface area contributed by atoms with Gasteiger partial charge in [-0.05, 0) is 38.1 Å². The number of rotatable bonds is 9. The molecule has 0 saturated carbocycles. The molecule has 36 heavy (non-hydrogen) atoms. The third kappa shape index (κ3) is 4.73. The smallest absolute Gasteiger partial charge is 0.243 e. The average Bonchev–Trinajstić information content (AvgIpc) is 3.48. The minimum Gasteiger partial charge on any atom is -0.494 e. The zero-order valence-electron chi connectivity index (χ0n) is 20.3. The largest absolute Gasteiger partial charge is 0.494 e. The number of hydrogen-bond acceptors (Lipinski definition) is 9. The number of methoxy groups -OCH3 is 2. The van der Waals surface area contributed by atoms with Crippen molar-refractivity contribution in [2.45, 2.75) is 31.9 Å². The molecule has 3 aromatic heterocycles. The van der Waals surface area contributed by atoms with Gasteiger partial charge in [0.05, 0.1) is 31.9 Å². The highest BCUT2D eigenvalue weighted by molar-refractivity contribution is 7.93. The molecule has 0 saturated heterocycles. The number of nitrogens with zero attached hydrogens (tertiary/aromatic N) is 5. The molecule has 0 aliphatic heterocycles. The summed E-state index contributed by atoms with van der Waals surface area (Å²) in [7, 11) is -1.10. The van der Waals surface area contributed by atoms with Crippen LogP contribution in [0.1, 0.15) is 31.4 Å². The predicted octanol–water partition coefficient (Wildman–Crippen LogP) is 3.72. The second-order valence-corrected chi connectivity index (χ2v) is 10.0. The van der Waals surface area contributed by atoms with E-state index in [1.807, 2.05) is 0 Å². The number of anilines is 1. The first-order valence-corrected chi connectivity index (χ1v) is 12.4. The highest BCUT2D eigenvalue weighted by Gasteiger charge is 2.32. The number of furan rings is 1. The molecular weight excluding hydrogens is 491 g/mol. The topological polar surface area (TPSA) is 134 Å². The van der Waals surface area contributed by atoms with Crippen LogP contribution in [0.5, 0.6) is 11.5 Å². The van der Waals surface area contributed by atoms with E-state index in [4.69, 9.17) is 13.9 Å². The Balaban J connectivity index is 1.81. The Morgan fingerprint density at radius 3 is 2.22 bits per heavy atom. The Kier molecular flexibility index (Phi) is 6.93. The van der Waals surface area contributed by atoms with Gasteiger partial charge in [0.1, 0.15) is 28.8 Å². The first kappa shape index (κ1) is 25.1. The second kappa shape index (κ2) is 9.93. The summed E-state index contributed by atoms with van der Waals surface area (Å²) in [6.45, 7) is 4.92. The fraction of sp³-hybridized carbons (Fsp3) is 0.304. The van der Waals surface area contributed by atoms with Gasteiger partial charge in [-0.2, -0.15) is 0 Å². The molecule has 2 atom stereocenters. The number of hydrogen-bond donors (Lipinski definition) is 1. The molecule has 0 fully saturated rings. The summed E-state index contributed by atoms with van der Waals surface area (Å²) in [5, 5.41) is 7.30. The van der Waals surface area contributed by atoms with Gasteiger partial charge in [-0.1, -0.05) is 13.0 Å². The van der Waals surface area contributed by atoms with Crippen molar-refractivity contribution in [1.29, 1.82) is 0 Å². The summed E-state index contributed by atoms with van der Waals surface area (Å²) in [6, 6.07) is 8.59. The van der Waals surface area contributed by atoms with Crippen molar-refractivity contribution in [3.8, 4) is 28.8 Å². The van der Waals surface area contributed by atoms with E-state index in [1.165, 1.54) is 25.7 Å². The van der Waals surface area contributed by atoms with Crippen molar-refractivity contribution >= 4 is 16.0 Å². The lowest BCUT2D eigenvalue weighted by Gasteiger charge is -2.21. The van der Waals surface area contributed by atoms with Crippen molar-refractivity contribution in [3.63, 3.8) is 0 Å². The van der Waals surface area contributed by atoms with Crippen LogP contribution in [-0.2, 0) is 10.0 Å². The highest BCUT2D eigenvalue weighted by atomic mass is 32.2. The average molecular weight is 517 g/mol. The van der Waals surface area contributed by atoms with Crippen LogP contribution in [0.25, 0.3) is 17.3 Å². The molecule has 1 aromatic carbocycles. The highest BCUT2D eigenvalue weighted by Crippen LogP contribution is 2.38. The van der Waals surface area contributed by atoms with Gasteiger partial charge in [0.2, 0.25) is 21.8 Å². The minimum atomic E-state index is -4.06. The molecule has 0 radical (unpaired) electrons. The van der Waals surface area contributed by atoms with Gasteiger partial charge >= 0.3 is 0 Å². The van der Waals surface area contributed by atoms with E-state index in [0.29, 0.717) is 28.7 Å². The van der Waals surface area contributed by atoms with Crippen LogP contribution in [-0.4, -0.2) is 52.6 Å². The van der Waals surface area contributed by atoms with Gasteiger partial charge in [0, 0.05) is 5.92 Å². The van der Waals surface area contributed by atoms with Crippen LogP contribution in [0.15, 0.2) is 47.1 Å². The molecule has 0 aliphatic carbocycles. The zero-order valence-corrected chi connectivity index (χ0v) is 21.1. The van der Waals surface area contributed by atoms with Crippen molar-refractivity contribution in [3.05, 3.63) is 60.1 Å². The van der Waals surface area contributed by atoms with Crippen molar-refractivity contribution in [2.75, 3.05) is 18.9 Å². The number of nitrogens with one attached hydrogen (secondary N) is 1. The fourth-order valence-corrected chi connectivity index (χ4v) is 4.82. The number of sulfonamides is 1. The molecule has 1 N–H and O–H groups in total. The van der Waals surface area contributed by atoms with Crippen molar-refractivity contribution < 1.29 is 26.7 Å². The zero-order chi connectivity index (χ0) is 26.0. The summed E-state index contributed by atoms with van der Waals surface area (Å²) < 4.78 is 60.9. The molecule has 3 heterocycles. The van der Waals surface area contributed by atoms with Crippen LogP contribution in [0.3, 0.4) is 0 Å². The second-order valence-electron chi connectivity index (χ2n) is 8.00. The van der Waals surface area contributed by atoms with Crippen LogP contribution < -0.4 is 14.2 Å². The Morgan fingerprint density at radius 1 is 1.03 bits per heavy atom. The molecule has 0 bridgehead atoms. The third-order valence-electron chi connectivity index (χ3n) is 5.72. The summed E-state index contributed by atoms with van der Waals surface area (Å²) in [5.74, 6) is 0.808. The molecule has 190 valence electrons. The molecule has 0 aliphatic rings. The lowest BCUT2D eigenvalue weighted by molar-refractivity contribution is 0.391. The first-order chi connectivity index (χ1) is 17.2. The minimum absolute atomic E-state index is 0.110. The Morgan fingerprint density at radius 2 is 1.67 bits per heavy atom. The maximum Gasteiger partial charge on any atom is 0.243 e. The van der Waals surface area contributed by atoms with E-state index < -0.39 is 27.0 Å². The normalized spacial score (nSPS) is 13.3. The van der Waals surface area contributed by atoms with Crippen LogP contribution >= 0.6 is 0 Å². The van der Waals surface area contributed by atoms with Gasteiger partial charge in [0.15, 0.2) is 11.6 Å². The number of aryl methyl sites for hydroxylation is 1. The van der Waals surface area contributed by atoms with Crippen LogP contribution in [0, 0.1) is 12.7 Å². The van der Waals surface area contributed by atoms with Gasteiger partial charge in [-0.15, -0.1) is 10.2 Å². The number of ether oxygens (including phenoxy) is 2. The lowest BCUT2D eigenvalue weighted by Crippen LogP contribution is -2.31. The number of para-hydroxylation sites is 1. The number of halogens is 1. The number of aromatic nitrogens is 5. The number of benzene rings is 1. The molecule has 4 aromatic rings. The fourth-order valence-electron chi connectivity index (χ4n) is 3.58. The summed E-state index contributed by atoms with van der Waals surface area (Å²) >= 11 is 0. The SMILES string of the molecule is COc1cccc(OC)c1-n1c(NS(=O)(=O)[C@H](C)[C@@H](C)c2ncc(F)cn2)nnc1-c1ccc(C)o1. The summed E-state index contributed by atoms with van der Waals surface area (Å²) in [6.07, 6.45) is 1.99. The monoisotopic (exact) mass is 516 g/mol. The van der Waals surface area contributed by atoms with Crippen LogP contribution in [0.2, 0.25) is 0 Å². The van der Waals surface area contributed by atoms with Crippen LogP contribution in [0.4, 0.5) is 10.3 Å². The van der Waals surface area contributed by atoms with Gasteiger partial charge in [-0.3, -0.25) is 9.29 Å². The first-order valence-electron chi connectivity index (χ1n) is 10.9. The molecular formula is C23H25FN6O5S. The standard InChI is InChI=1S/C23H25FN6O5S/c1-13-9-10-19(35-13)22-27-28-23(30(22)20-17(33-4)7-6-8-18(20)34-5)29-36(31,32)15(3)14(2)21-25-11-16(24)12-26-21/h6-12,14-15H,1-5H3,(H,28,29)/t14-,15-/m1/s1. The Hall–Kier alpha value is -4.00. The predicted molar refractivity (Wildman–Crippen MR) is 129 cm³/mol. The maximum atomic E-state index is 13.4. The third-order valence-corrected chi connectivity index (χ3v) is 7.58. The Labute approximate surface area is 207 Å². The quantitative estimate of drug-likeness (QED) is 0.353. The van der Waals surface area contributed by atoms with Gasteiger partial charge in [0.25, 0.3) is 0 Å². The molecule has 13 heteroatoms. The Bertz CT molecular complexity index is 1450. The molecule has 0 unspecified atom stereocenters. The molecule has 0 spiro atoms. The van der Waals surface area contributed by atoms with Crippen molar-refractivity contribution in [1.82, 2.24) is 24.7 Å². The van der Waals surface area contributed by atoms with Gasteiger partial charge in [-0.25, -0.2) is 22.8 Å². The lowest BCUT2D eigenvalue weighted by atomic mass is 10.1. The van der Waals surface area contributed by atoms with E-state index in [9.17, 15) is 12.8 Å². The van der Waals surface area contributed by atoms with Gasteiger partial charge < -0.3 is 13.9 Å².